The number of methoxy groups -OCH3 is 1. The zero-order valence-electron chi connectivity index (χ0n) is 23.7. The fourth-order valence-electron chi connectivity index (χ4n) is 4.95. The Morgan fingerprint density at radius 1 is 1.05 bits per heavy atom. The van der Waals surface area contributed by atoms with Gasteiger partial charge in [0, 0.05) is 17.6 Å². The molecule has 1 N–H and O–H groups in total. The number of hydrogen-bond donors (Lipinski definition) is 1. The second-order valence-corrected chi connectivity index (χ2v) is 10.7. The van der Waals surface area contributed by atoms with Crippen LogP contribution in [0, 0.1) is 0 Å². The first kappa shape index (κ1) is 27.3. The number of furan rings is 1. The van der Waals surface area contributed by atoms with Crippen molar-refractivity contribution < 1.29 is 9.15 Å². The van der Waals surface area contributed by atoms with Crippen LogP contribution in [0.15, 0.2) is 76.1 Å². The van der Waals surface area contributed by atoms with E-state index < -0.39 is 6.04 Å². The van der Waals surface area contributed by atoms with Gasteiger partial charge in [-0.1, -0.05) is 32.0 Å². The Balaban J connectivity index is 1.72. The van der Waals surface area contributed by atoms with Crippen LogP contribution < -0.4 is 10.3 Å². The number of fused-ring (bicyclic) bond motifs is 1. The van der Waals surface area contributed by atoms with Crippen molar-refractivity contribution >= 4 is 10.9 Å². The molecule has 0 saturated heterocycles. The van der Waals surface area contributed by atoms with E-state index in [0.717, 1.165) is 40.8 Å². The van der Waals surface area contributed by atoms with Crippen LogP contribution in [0.1, 0.15) is 68.4 Å². The third kappa shape index (κ3) is 5.56. The molecule has 9 heteroatoms. The summed E-state index contributed by atoms with van der Waals surface area (Å²) in [6.07, 6.45) is 3.37. The van der Waals surface area contributed by atoms with Crippen molar-refractivity contribution in [3.63, 3.8) is 0 Å². The molecule has 0 aliphatic rings. The zero-order chi connectivity index (χ0) is 28.3. The van der Waals surface area contributed by atoms with Gasteiger partial charge >= 0.3 is 0 Å². The van der Waals surface area contributed by atoms with E-state index in [9.17, 15) is 4.79 Å². The van der Waals surface area contributed by atoms with Crippen LogP contribution in [0.25, 0.3) is 10.9 Å². The summed E-state index contributed by atoms with van der Waals surface area (Å²) < 4.78 is 13.0. The molecule has 0 aliphatic carbocycles. The maximum atomic E-state index is 13.8. The number of rotatable bonds is 11. The highest BCUT2D eigenvalue weighted by atomic mass is 16.5. The number of tetrazole rings is 1. The molecule has 3 heterocycles. The van der Waals surface area contributed by atoms with Crippen LogP contribution in [0.4, 0.5) is 0 Å². The summed E-state index contributed by atoms with van der Waals surface area (Å²) >= 11 is 0. The lowest BCUT2D eigenvalue weighted by molar-refractivity contribution is 0.168. The van der Waals surface area contributed by atoms with Crippen molar-refractivity contribution in [2.75, 3.05) is 7.11 Å². The van der Waals surface area contributed by atoms with Gasteiger partial charge in [0.2, 0.25) is 0 Å². The van der Waals surface area contributed by atoms with Gasteiger partial charge in [-0.05, 0) is 96.1 Å². The molecule has 0 aliphatic heterocycles. The van der Waals surface area contributed by atoms with E-state index in [2.05, 4.69) is 59.2 Å². The van der Waals surface area contributed by atoms with Crippen LogP contribution in [0.5, 0.6) is 5.75 Å². The Morgan fingerprint density at radius 3 is 2.50 bits per heavy atom. The Bertz CT molecular complexity index is 1620. The van der Waals surface area contributed by atoms with Crippen molar-refractivity contribution in [1.82, 2.24) is 30.1 Å². The van der Waals surface area contributed by atoms with Gasteiger partial charge in [-0.3, -0.25) is 9.69 Å². The van der Waals surface area contributed by atoms with E-state index in [1.807, 2.05) is 59.3 Å². The summed E-state index contributed by atoms with van der Waals surface area (Å²) in [5.41, 5.74) is 3.08. The molecule has 5 rings (SSSR count). The fraction of sp³-hybridized carbons (Fsp3) is 0.355. The summed E-state index contributed by atoms with van der Waals surface area (Å²) in [7, 11) is 1.65. The molecule has 0 spiro atoms. The number of H-pyrrole nitrogens is 1. The Labute approximate surface area is 233 Å². The van der Waals surface area contributed by atoms with Crippen molar-refractivity contribution in [3.8, 4) is 5.75 Å². The Hall–Kier alpha value is -4.24. The largest absolute Gasteiger partial charge is 0.497 e. The summed E-state index contributed by atoms with van der Waals surface area (Å²) in [4.78, 5) is 19.1. The average molecular weight is 541 g/mol. The van der Waals surface area contributed by atoms with Crippen molar-refractivity contribution in [2.45, 2.75) is 65.2 Å². The summed E-state index contributed by atoms with van der Waals surface area (Å²) in [6, 6.07) is 19.3. The summed E-state index contributed by atoms with van der Waals surface area (Å²) in [5.74, 6) is 2.16. The number of benzene rings is 2. The lowest BCUT2D eigenvalue weighted by Crippen LogP contribution is -2.38. The molecule has 3 aromatic heterocycles. The van der Waals surface area contributed by atoms with Crippen molar-refractivity contribution in [2.24, 2.45) is 0 Å². The van der Waals surface area contributed by atoms with E-state index >= 15 is 0 Å². The van der Waals surface area contributed by atoms with Gasteiger partial charge in [0.25, 0.3) is 5.56 Å². The second kappa shape index (κ2) is 11.5. The molecular weight excluding hydrogens is 504 g/mol. The maximum Gasteiger partial charge on any atom is 0.253 e. The normalized spacial score (nSPS) is 12.8. The smallest absolute Gasteiger partial charge is 0.253 e. The van der Waals surface area contributed by atoms with E-state index in [4.69, 9.17) is 9.15 Å². The summed E-state index contributed by atoms with van der Waals surface area (Å²) in [5, 5.41) is 14.0. The fourth-order valence-corrected chi connectivity index (χ4v) is 4.95. The third-order valence-electron chi connectivity index (χ3n) is 7.67. The number of nitrogens with one attached hydrogen (secondary N) is 1. The van der Waals surface area contributed by atoms with Crippen LogP contribution >= 0.6 is 0 Å². The number of nitrogens with zero attached hydrogens (tertiary/aromatic N) is 5. The van der Waals surface area contributed by atoms with Crippen LogP contribution in [-0.2, 0) is 25.0 Å². The van der Waals surface area contributed by atoms with Gasteiger partial charge in [-0.2, -0.15) is 0 Å². The van der Waals surface area contributed by atoms with Crippen LogP contribution in [0.3, 0.4) is 0 Å². The van der Waals surface area contributed by atoms with Gasteiger partial charge in [0.1, 0.15) is 17.6 Å². The Morgan fingerprint density at radius 2 is 1.82 bits per heavy atom. The molecule has 1 unspecified atom stereocenters. The quantitative estimate of drug-likeness (QED) is 0.232. The Kier molecular flexibility index (Phi) is 7.84. The minimum Gasteiger partial charge on any atom is -0.497 e. The lowest BCUT2D eigenvalue weighted by Gasteiger charge is -2.33. The molecule has 2 aromatic carbocycles. The maximum absolute atomic E-state index is 13.8. The van der Waals surface area contributed by atoms with Gasteiger partial charge in [0.15, 0.2) is 5.82 Å². The molecule has 9 nitrogen and oxygen atoms in total. The number of aryl methyl sites for hydroxylation is 1. The lowest BCUT2D eigenvalue weighted by atomic mass is 9.98. The molecule has 5 aromatic rings. The van der Waals surface area contributed by atoms with Gasteiger partial charge in [-0.25, -0.2) is 4.68 Å². The first-order valence-corrected chi connectivity index (χ1v) is 13.7. The first-order chi connectivity index (χ1) is 19.3. The molecule has 40 heavy (non-hydrogen) atoms. The van der Waals surface area contributed by atoms with Gasteiger partial charge in [-0.15, -0.1) is 5.10 Å². The predicted molar refractivity (Wildman–Crippen MR) is 154 cm³/mol. The minimum absolute atomic E-state index is 0.176. The van der Waals surface area contributed by atoms with E-state index in [1.165, 1.54) is 5.56 Å². The van der Waals surface area contributed by atoms with E-state index in [1.54, 1.807) is 13.4 Å². The highest BCUT2D eigenvalue weighted by Gasteiger charge is 2.35. The number of aromatic amines is 1. The minimum atomic E-state index is -0.563. The van der Waals surface area contributed by atoms with Gasteiger partial charge in [0.05, 0.1) is 25.5 Å². The number of pyridine rings is 1. The second-order valence-electron chi connectivity index (χ2n) is 10.7. The molecule has 0 amide bonds. The summed E-state index contributed by atoms with van der Waals surface area (Å²) in [6.45, 7) is 9.38. The van der Waals surface area contributed by atoms with Crippen LogP contribution in [0.2, 0.25) is 0 Å². The number of ether oxygens (including phenoxy) is 1. The molecule has 0 bridgehead atoms. The van der Waals surface area contributed by atoms with Crippen LogP contribution in [-0.4, -0.2) is 37.2 Å². The average Bonchev–Trinajstić information content (AvgIpc) is 3.67. The molecular formula is C31H36N6O3. The third-order valence-corrected chi connectivity index (χ3v) is 7.67. The molecule has 1 atom stereocenters. The monoisotopic (exact) mass is 540 g/mol. The predicted octanol–water partition coefficient (Wildman–Crippen LogP) is 5.62. The molecule has 0 saturated carbocycles. The van der Waals surface area contributed by atoms with Crippen molar-refractivity contribution in [3.05, 3.63) is 106 Å². The number of hydrogen-bond acceptors (Lipinski definition) is 7. The number of aromatic nitrogens is 5. The SMILES string of the molecule is CCc1ccc2[nH]c(=O)c(C(c3nnnn3C(C)(C)CC)N(Cc3ccc(OC)cc3)Cc3ccco3)cc2c1. The highest BCUT2D eigenvalue weighted by Crippen LogP contribution is 2.33. The standard InChI is InChI=1S/C31H36N6O3/c1-6-21-12-15-27-23(17-21)18-26(30(38)32-27)28(29-33-34-35-37(29)31(3,4)7-2)36(20-25-9-8-16-40-25)19-22-10-13-24(39-5)14-11-22/h8-18,28H,6-7,19-20H2,1-5H3,(H,32,38). The van der Waals surface area contributed by atoms with Crippen molar-refractivity contribution in [1.29, 1.82) is 0 Å². The van der Waals surface area contributed by atoms with Gasteiger partial charge < -0.3 is 14.1 Å². The van der Waals surface area contributed by atoms with E-state index in [-0.39, 0.29) is 11.1 Å². The topological polar surface area (TPSA) is 102 Å². The molecule has 208 valence electrons. The highest BCUT2D eigenvalue weighted by molar-refractivity contribution is 5.80. The van der Waals surface area contributed by atoms with E-state index in [0.29, 0.717) is 24.5 Å². The first-order valence-electron chi connectivity index (χ1n) is 13.7. The molecule has 0 fully saturated rings. The zero-order valence-corrected chi connectivity index (χ0v) is 23.7. The molecule has 0 radical (unpaired) electrons.